The fraction of sp³-hybridized carbons (Fsp3) is 0.375. The van der Waals surface area contributed by atoms with Gasteiger partial charge < -0.3 is 0 Å². The van der Waals surface area contributed by atoms with E-state index in [-0.39, 0.29) is 9.03 Å². The predicted molar refractivity (Wildman–Crippen MR) is 59.5 cm³/mol. The van der Waals surface area contributed by atoms with Crippen molar-refractivity contribution in [2.45, 2.75) is 17.9 Å². The molecular weight excluding hydrogens is 412 g/mol. The van der Waals surface area contributed by atoms with Crippen LogP contribution in [0.25, 0.3) is 0 Å². The number of hydrogen-bond donors (Lipinski definition) is 0. The minimum Gasteiger partial charge on any atom is -0.249 e. The van der Waals surface area contributed by atoms with Crippen molar-refractivity contribution >= 4 is 38.5 Å². The monoisotopic (exact) mass is 415 g/mol. The Morgan fingerprint density at radius 3 is 2.31 bits per heavy atom. The predicted octanol–water partition coefficient (Wildman–Crippen LogP) is 4.54. The lowest BCUT2D eigenvalue weighted by atomic mass is 10.1. The Bertz CT molecular complexity index is 393. The average molecular weight is 416 g/mol. The maximum absolute atomic E-state index is 12.6. The van der Waals surface area contributed by atoms with Crippen LogP contribution in [0.15, 0.2) is 6.20 Å². The fourth-order valence-electron chi connectivity index (χ4n) is 1.16. The summed E-state index contributed by atoms with van der Waals surface area (Å²) in [4.78, 5) is 3.34. The molecule has 0 fully saturated rings. The Balaban J connectivity index is 3.51. The van der Waals surface area contributed by atoms with E-state index in [0.29, 0.717) is 0 Å². The third-order valence-corrected chi connectivity index (χ3v) is 3.20. The lowest BCUT2D eigenvalue weighted by Gasteiger charge is -2.15. The summed E-state index contributed by atoms with van der Waals surface area (Å²) in [5.74, 6) is 0. The summed E-state index contributed by atoms with van der Waals surface area (Å²) in [5.41, 5.74) is -2.24. The highest BCUT2D eigenvalue weighted by Gasteiger charge is 2.38. The highest BCUT2D eigenvalue weighted by Crippen LogP contribution is 2.38. The van der Waals surface area contributed by atoms with E-state index < -0.39 is 29.3 Å². The third kappa shape index (κ3) is 2.82. The van der Waals surface area contributed by atoms with Gasteiger partial charge in [-0.15, -0.1) is 0 Å². The molecular formula is C8H4BrF5IN. The van der Waals surface area contributed by atoms with Crippen molar-refractivity contribution in [1.82, 2.24) is 4.98 Å². The van der Waals surface area contributed by atoms with Gasteiger partial charge in [-0.05, 0) is 28.2 Å². The number of hydrogen-bond acceptors (Lipinski definition) is 1. The second kappa shape index (κ2) is 5.11. The normalized spacial score (nSPS) is 12.2. The first-order chi connectivity index (χ1) is 7.29. The first kappa shape index (κ1) is 14.1. The van der Waals surface area contributed by atoms with Gasteiger partial charge in [-0.3, -0.25) is 0 Å². The highest BCUT2D eigenvalue weighted by atomic mass is 127. The molecule has 0 atom stereocenters. The van der Waals surface area contributed by atoms with Crippen LogP contribution in [0.3, 0.4) is 0 Å². The number of pyridine rings is 1. The minimum absolute atomic E-state index is 0.292. The number of aromatic nitrogens is 1. The zero-order valence-electron chi connectivity index (χ0n) is 7.45. The summed E-state index contributed by atoms with van der Waals surface area (Å²) in [6, 6.07) is 0. The molecule has 0 amide bonds. The molecule has 0 N–H and O–H groups in total. The Kier molecular flexibility index (Phi) is 4.49. The zero-order chi connectivity index (χ0) is 12.5. The Hall–Kier alpha value is 0.01000. The molecule has 16 heavy (non-hydrogen) atoms. The van der Waals surface area contributed by atoms with E-state index in [1.54, 1.807) is 0 Å². The van der Waals surface area contributed by atoms with Crippen molar-refractivity contribution < 1.29 is 22.0 Å². The van der Waals surface area contributed by atoms with Crippen LogP contribution in [0.4, 0.5) is 22.0 Å². The summed E-state index contributed by atoms with van der Waals surface area (Å²) in [6.07, 6.45) is -6.88. The van der Waals surface area contributed by atoms with Gasteiger partial charge in [-0.1, -0.05) is 15.9 Å². The van der Waals surface area contributed by atoms with Crippen LogP contribution in [0, 0.1) is 3.70 Å². The molecule has 0 unspecified atom stereocenters. The molecule has 1 aromatic heterocycles. The van der Waals surface area contributed by atoms with Gasteiger partial charge in [0, 0.05) is 17.1 Å². The lowest BCUT2D eigenvalue weighted by molar-refractivity contribution is -0.139. The standard InChI is InChI=1S/C8H4BrF5IN/c9-1-3-4(6(10)11)2-16-7(15)5(3)8(12,13)14/h2,6H,1H2. The van der Waals surface area contributed by atoms with Gasteiger partial charge in [-0.25, -0.2) is 13.8 Å². The summed E-state index contributed by atoms with van der Waals surface area (Å²) in [6.45, 7) is 0. The largest absolute Gasteiger partial charge is 0.419 e. The summed E-state index contributed by atoms with van der Waals surface area (Å²) in [7, 11) is 0. The first-order valence-corrected chi connectivity index (χ1v) is 6.07. The van der Waals surface area contributed by atoms with E-state index in [1.807, 2.05) is 0 Å². The van der Waals surface area contributed by atoms with Crippen molar-refractivity contribution in [2.24, 2.45) is 0 Å². The van der Waals surface area contributed by atoms with Gasteiger partial charge in [0.1, 0.15) is 3.70 Å². The molecule has 8 heteroatoms. The lowest BCUT2D eigenvalue weighted by Crippen LogP contribution is -2.14. The fourth-order valence-corrected chi connectivity index (χ4v) is 2.53. The summed E-state index contributed by atoms with van der Waals surface area (Å²) >= 11 is 4.17. The molecule has 0 aliphatic rings. The van der Waals surface area contributed by atoms with Gasteiger partial charge in [0.15, 0.2) is 0 Å². The van der Waals surface area contributed by atoms with Crippen molar-refractivity contribution in [3.05, 3.63) is 26.6 Å². The molecule has 1 aromatic rings. The summed E-state index contributed by atoms with van der Waals surface area (Å²) in [5, 5.41) is -0.292. The molecule has 1 rings (SSSR count). The number of nitrogens with zero attached hydrogens (tertiary/aromatic N) is 1. The van der Waals surface area contributed by atoms with E-state index in [4.69, 9.17) is 0 Å². The summed E-state index contributed by atoms with van der Waals surface area (Å²) < 4.78 is 62.5. The molecule has 0 radical (unpaired) electrons. The van der Waals surface area contributed by atoms with Gasteiger partial charge in [0.2, 0.25) is 0 Å². The van der Waals surface area contributed by atoms with Gasteiger partial charge in [0.25, 0.3) is 6.43 Å². The maximum Gasteiger partial charge on any atom is 0.419 e. The van der Waals surface area contributed by atoms with Crippen LogP contribution in [0.5, 0.6) is 0 Å². The highest BCUT2D eigenvalue weighted by molar-refractivity contribution is 14.1. The van der Waals surface area contributed by atoms with Crippen molar-refractivity contribution in [3.8, 4) is 0 Å². The van der Waals surface area contributed by atoms with E-state index in [1.165, 1.54) is 22.6 Å². The molecule has 0 aliphatic carbocycles. The molecule has 1 nitrogen and oxygen atoms in total. The van der Waals surface area contributed by atoms with Gasteiger partial charge >= 0.3 is 6.18 Å². The SMILES string of the molecule is FC(F)c1cnc(I)c(C(F)(F)F)c1CBr. The van der Waals surface area contributed by atoms with Crippen molar-refractivity contribution in [2.75, 3.05) is 0 Å². The van der Waals surface area contributed by atoms with E-state index >= 15 is 0 Å². The van der Waals surface area contributed by atoms with Gasteiger partial charge in [0.05, 0.1) is 5.56 Å². The first-order valence-electron chi connectivity index (χ1n) is 3.87. The molecule has 0 aliphatic heterocycles. The second-order valence-corrected chi connectivity index (χ2v) is 4.37. The van der Waals surface area contributed by atoms with Crippen LogP contribution in [0.1, 0.15) is 23.1 Å². The molecule has 1 heterocycles. The van der Waals surface area contributed by atoms with E-state index in [9.17, 15) is 22.0 Å². The Morgan fingerprint density at radius 1 is 1.38 bits per heavy atom. The quantitative estimate of drug-likeness (QED) is 0.299. The number of rotatable bonds is 2. The van der Waals surface area contributed by atoms with E-state index in [2.05, 4.69) is 20.9 Å². The van der Waals surface area contributed by atoms with Crippen LogP contribution in [-0.4, -0.2) is 4.98 Å². The molecule has 90 valence electrons. The maximum atomic E-state index is 12.6. The molecule has 0 bridgehead atoms. The second-order valence-electron chi connectivity index (χ2n) is 2.79. The average Bonchev–Trinajstić information content (AvgIpc) is 2.14. The smallest absolute Gasteiger partial charge is 0.249 e. The molecule has 0 saturated heterocycles. The van der Waals surface area contributed by atoms with E-state index in [0.717, 1.165) is 6.20 Å². The Morgan fingerprint density at radius 2 is 1.94 bits per heavy atom. The molecule has 0 spiro atoms. The van der Waals surface area contributed by atoms with Crippen LogP contribution in [-0.2, 0) is 11.5 Å². The number of halogens is 7. The minimum atomic E-state index is -4.68. The van der Waals surface area contributed by atoms with Gasteiger partial charge in [-0.2, -0.15) is 13.2 Å². The van der Waals surface area contributed by atoms with Crippen molar-refractivity contribution in [3.63, 3.8) is 0 Å². The van der Waals surface area contributed by atoms with Crippen LogP contribution < -0.4 is 0 Å². The van der Waals surface area contributed by atoms with Crippen LogP contribution in [0.2, 0.25) is 0 Å². The Labute approximate surface area is 110 Å². The third-order valence-electron chi connectivity index (χ3n) is 1.83. The molecule has 0 aromatic carbocycles. The topological polar surface area (TPSA) is 12.9 Å². The van der Waals surface area contributed by atoms with Crippen molar-refractivity contribution in [1.29, 1.82) is 0 Å². The zero-order valence-corrected chi connectivity index (χ0v) is 11.2. The number of alkyl halides is 6. The molecule has 0 saturated carbocycles. The van der Waals surface area contributed by atoms with Crippen LogP contribution >= 0.6 is 38.5 Å².